The van der Waals surface area contributed by atoms with Gasteiger partial charge >= 0.3 is 0 Å². The van der Waals surface area contributed by atoms with E-state index in [4.69, 9.17) is 0 Å². The van der Waals surface area contributed by atoms with E-state index >= 15 is 0 Å². The summed E-state index contributed by atoms with van der Waals surface area (Å²) in [5, 5.41) is 16.8. The Kier molecular flexibility index (Phi) is 8.88. The van der Waals surface area contributed by atoms with E-state index in [2.05, 4.69) is 58.8 Å². The molecule has 0 saturated carbocycles. The van der Waals surface area contributed by atoms with Crippen molar-refractivity contribution in [1.29, 1.82) is 0 Å². The highest BCUT2D eigenvalue weighted by Gasteiger charge is 2.21. The first-order valence-corrected chi connectivity index (χ1v) is 14.2. The van der Waals surface area contributed by atoms with Gasteiger partial charge in [-0.05, 0) is 78.4 Å². The lowest BCUT2D eigenvalue weighted by atomic mass is 9.83. The van der Waals surface area contributed by atoms with Crippen molar-refractivity contribution >= 4 is 11.6 Å². The highest BCUT2D eigenvalue weighted by molar-refractivity contribution is 6.01. The number of nitrogens with one attached hydrogen (secondary N) is 1. The summed E-state index contributed by atoms with van der Waals surface area (Å²) in [7, 11) is 0. The normalized spacial score (nSPS) is 12.9. The highest BCUT2D eigenvalue weighted by Crippen LogP contribution is 2.33. The van der Waals surface area contributed by atoms with Gasteiger partial charge in [0.05, 0.1) is 11.8 Å². The Morgan fingerprint density at radius 3 is 2.07 bits per heavy atom. The summed E-state index contributed by atoms with van der Waals surface area (Å²) in [6.45, 7) is 6.03. The van der Waals surface area contributed by atoms with Crippen LogP contribution in [0.2, 0.25) is 0 Å². The molecule has 0 bridgehead atoms. The molecule has 4 aromatic carbocycles. The highest BCUT2D eigenvalue weighted by atomic mass is 16.4. The zero-order valence-electron chi connectivity index (χ0n) is 24.2. The van der Waals surface area contributed by atoms with Crippen molar-refractivity contribution < 1.29 is 10.0 Å². The van der Waals surface area contributed by atoms with Gasteiger partial charge in [-0.2, -0.15) is 0 Å². The van der Waals surface area contributed by atoms with Crippen LogP contribution in [0.3, 0.4) is 0 Å². The number of rotatable bonds is 9. The van der Waals surface area contributed by atoms with Gasteiger partial charge in [-0.1, -0.05) is 96.2 Å². The number of pyridine rings is 1. The van der Waals surface area contributed by atoms with Gasteiger partial charge in [-0.3, -0.25) is 9.78 Å². The van der Waals surface area contributed by atoms with Crippen molar-refractivity contribution in [3.8, 4) is 11.1 Å². The van der Waals surface area contributed by atoms with Gasteiger partial charge in [0.2, 0.25) is 0 Å². The molecule has 5 rings (SSSR count). The second kappa shape index (κ2) is 13.1. The molecule has 5 nitrogen and oxygen atoms in total. The van der Waals surface area contributed by atoms with Crippen molar-refractivity contribution in [2.24, 2.45) is 5.16 Å². The third-order valence-corrected chi connectivity index (χ3v) is 7.75. The molecule has 42 heavy (non-hydrogen) atoms. The molecule has 0 radical (unpaired) electrons. The standard InChI is InChI=1S/C37H35N3O2/c1-25-9-7-8-12-34(25)35(24-36(40-42)33-21-22-38-26(2)23-33)31-17-13-29(14-18-31)30-15-19-32(20-16-30)37(41)39-27(3)28-10-5-4-6-11-28/h4-23,27,35,42H,24H2,1-3H3,(H,39,41)/b40-36+/t27-,35+/m1/s1. The second-order valence-corrected chi connectivity index (χ2v) is 10.7. The number of nitrogens with zero attached hydrogens (tertiary/aromatic N) is 2. The third kappa shape index (κ3) is 6.64. The predicted octanol–water partition coefficient (Wildman–Crippen LogP) is 8.26. The third-order valence-electron chi connectivity index (χ3n) is 7.75. The van der Waals surface area contributed by atoms with E-state index in [1.807, 2.05) is 92.7 Å². The molecule has 0 fully saturated rings. The Morgan fingerprint density at radius 2 is 1.43 bits per heavy atom. The summed E-state index contributed by atoms with van der Waals surface area (Å²) < 4.78 is 0. The zero-order valence-corrected chi connectivity index (χ0v) is 24.2. The summed E-state index contributed by atoms with van der Waals surface area (Å²) in [5.41, 5.74) is 9.66. The number of hydrogen-bond donors (Lipinski definition) is 2. The first kappa shape index (κ1) is 28.5. The molecule has 2 atom stereocenters. The number of amides is 1. The number of aryl methyl sites for hydroxylation is 2. The summed E-state index contributed by atoms with van der Waals surface area (Å²) in [6, 6.07) is 38.2. The fraction of sp³-hybridized carbons (Fsp3) is 0.162. The average Bonchev–Trinajstić information content (AvgIpc) is 3.03. The van der Waals surface area contributed by atoms with E-state index in [0.717, 1.165) is 33.5 Å². The van der Waals surface area contributed by atoms with Gasteiger partial charge in [-0.15, -0.1) is 0 Å². The molecule has 0 saturated heterocycles. The lowest BCUT2D eigenvalue weighted by Gasteiger charge is -2.21. The van der Waals surface area contributed by atoms with Gasteiger partial charge in [0.1, 0.15) is 0 Å². The van der Waals surface area contributed by atoms with E-state index in [9.17, 15) is 10.0 Å². The maximum absolute atomic E-state index is 12.8. The Labute approximate surface area is 247 Å². The van der Waals surface area contributed by atoms with Crippen molar-refractivity contribution in [2.75, 3.05) is 0 Å². The van der Waals surface area contributed by atoms with Crippen LogP contribution in [0.25, 0.3) is 11.1 Å². The molecule has 0 unspecified atom stereocenters. The Morgan fingerprint density at radius 1 is 0.786 bits per heavy atom. The monoisotopic (exact) mass is 553 g/mol. The van der Waals surface area contributed by atoms with Gasteiger partial charge in [0.25, 0.3) is 5.91 Å². The summed E-state index contributed by atoms with van der Waals surface area (Å²) in [4.78, 5) is 17.1. The van der Waals surface area contributed by atoms with Crippen LogP contribution in [0.5, 0.6) is 0 Å². The number of hydrogen-bond acceptors (Lipinski definition) is 4. The minimum Gasteiger partial charge on any atom is -0.411 e. The van der Waals surface area contributed by atoms with E-state index in [-0.39, 0.29) is 17.9 Å². The molecule has 0 aliphatic heterocycles. The lowest BCUT2D eigenvalue weighted by Crippen LogP contribution is -2.26. The fourth-order valence-corrected chi connectivity index (χ4v) is 5.35. The van der Waals surface area contributed by atoms with E-state index in [1.54, 1.807) is 6.20 Å². The maximum atomic E-state index is 12.8. The average molecular weight is 554 g/mol. The van der Waals surface area contributed by atoms with Crippen LogP contribution in [-0.2, 0) is 0 Å². The van der Waals surface area contributed by atoms with Crippen LogP contribution >= 0.6 is 0 Å². The number of oxime groups is 1. The molecule has 1 aromatic heterocycles. The largest absolute Gasteiger partial charge is 0.411 e. The molecule has 0 aliphatic rings. The molecule has 5 heteroatoms. The Balaban J connectivity index is 1.36. The second-order valence-electron chi connectivity index (χ2n) is 10.7. The zero-order chi connectivity index (χ0) is 29.5. The topological polar surface area (TPSA) is 74.6 Å². The van der Waals surface area contributed by atoms with E-state index < -0.39 is 0 Å². The molecule has 210 valence electrons. The summed E-state index contributed by atoms with van der Waals surface area (Å²) in [5.74, 6) is -0.0997. The van der Waals surface area contributed by atoms with Crippen molar-refractivity contribution in [2.45, 2.75) is 39.2 Å². The molecule has 2 N–H and O–H groups in total. The number of carbonyl (C=O) groups is 1. The minimum atomic E-state index is -0.0972. The molecular weight excluding hydrogens is 518 g/mol. The molecule has 1 amide bonds. The van der Waals surface area contributed by atoms with Gasteiger partial charge in [-0.25, -0.2) is 0 Å². The maximum Gasteiger partial charge on any atom is 0.251 e. The Hall–Kier alpha value is -5.03. The molecule has 0 spiro atoms. The summed E-state index contributed by atoms with van der Waals surface area (Å²) >= 11 is 0. The van der Waals surface area contributed by atoms with Crippen LogP contribution in [0.4, 0.5) is 0 Å². The predicted molar refractivity (Wildman–Crippen MR) is 169 cm³/mol. The molecule has 5 aromatic rings. The number of aromatic nitrogens is 1. The van der Waals surface area contributed by atoms with Crippen LogP contribution in [0.15, 0.2) is 127 Å². The fourth-order valence-electron chi connectivity index (χ4n) is 5.35. The van der Waals surface area contributed by atoms with Crippen LogP contribution in [0.1, 0.15) is 69.2 Å². The molecule has 1 heterocycles. The van der Waals surface area contributed by atoms with Gasteiger partial charge < -0.3 is 10.5 Å². The number of carbonyl (C=O) groups excluding carboxylic acids is 1. The molecular formula is C37H35N3O2. The van der Waals surface area contributed by atoms with Crippen LogP contribution < -0.4 is 5.32 Å². The smallest absolute Gasteiger partial charge is 0.251 e. The van der Waals surface area contributed by atoms with E-state index in [1.165, 1.54) is 11.1 Å². The Bertz CT molecular complexity index is 1680. The SMILES string of the molecule is Cc1cc(/C(C[C@@H](c2ccc(-c3ccc(C(=O)N[C@H](C)c4ccccc4)cc3)cc2)c2ccccc2C)=N/O)ccn1. The summed E-state index contributed by atoms with van der Waals surface area (Å²) in [6.07, 6.45) is 2.28. The van der Waals surface area contributed by atoms with E-state index in [0.29, 0.717) is 17.7 Å². The molecule has 0 aliphatic carbocycles. The van der Waals surface area contributed by atoms with Gasteiger partial charge in [0.15, 0.2) is 0 Å². The van der Waals surface area contributed by atoms with Gasteiger partial charge in [0, 0.05) is 35.4 Å². The van der Waals surface area contributed by atoms with Crippen LogP contribution in [0, 0.1) is 13.8 Å². The van der Waals surface area contributed by atoms with Crippen molar-refractivity contribution in [3.63, 3.8) is 0 Å². The number of benzene rings is 4. The first-order chi connectivity index (χ1) is 20.4. The van der Waals surface area contributed by atoms with Crippen molar-refractivity contribution in [1.82, 2.24) is 10.3 Å². The van der Waals surface area contributed by atoms with Crippen LogP contribution in [-0.4, -0.2) is 21.8 Å². The first-order valence-electron chi connectivity index (χ1n) is 14.2. The quantitative estimate of drug-likeness (QED) is 0.110. The van der Waals surface area contributed by atoms with Crippen molar-refractivity contribution in [3.05, 3.63) is 161 Å². The minimum absolute atomic E-state index is 0.00250. The lowest BCUT2D eigenvalue weighted by molar-refractivity contribution is 0.0940.